The number of ether oxygens (including phenoxy) is 2. The molecule has 0 saturated carbocycles. The molecule has 7 heteroatoms. The SMILES string of the molecule is COc1cc(CNC(=O)c2cccc(OCc3csc(C)n3)c2)ccc1O. The second-order valence-electron chi connectivity index (χ2n) is 5.86. The summed E-state index contributed by atoms with van der Waals surface area (Å²) in [4.78, 5) is 16.8. The van der Waals surface area contributed by atoms with Gasteiger partial charge in [0, 0.05) is 17.5 Å². The van der Waals surface area contributed by atoms with Crippen molar-refractivity contribution in [1.29, 1.82) is 0 Å². The minimum absolute atomic E-state index is 0.0627. The van der Waals surface area contributed by atoms with Gasteiger partial charge < -0.3 is 19.9 Å². The average Bonchev–Trinajstić information content (AvgIpc) is 3.11. The van der Waals surface area contributed by atoms with E-state index in [1.54, 1.807) is 47.7 Å². The molecule has 1 amide bonds. The maximum atomic E-state index is 12.4. The Morgan fingerprint density at radius 2 is 2.11 bits per heavy atom. The standard InChI is InChI=1S/C20H20N2O4S/c1-13-22-16(12-27-13)11-26-17-5-3-4-15(9-17)20(24)21-10-14-6-7-18(23)19(8-14)25-2/h3-9,12,23H,10-11H2,1-2H3,(H,21,24). The van der Waals surface area contributed by atoms with Gasteiger partial charge in [0.05, 0.1) is 17.8 Å². The van der Waals surface area contributed by atoms with Crippen LogP contribution in [0.1, 0.15) is 26.6 Å². The van der Waals surface area contributed by atoms with Gasteiger partial charge in [0.15, 0.2) is 11.5 Å². The number of benzene rings is 2. The lowest BCUT2D eigenvalue weighted by Gasteiger charge is -2.09. The van der Waals surface area contributed by atoms with Crippen LogP contribution < -0.4 is 14.8 Å². The normalized spacial score (nSPS) is 10.4. The molecule has 140 valence electrons. The maximum absolute atomic E-state index is 12.4. The first-order valence-corrected chi connectivity index (χ1v) is 9.21. The van der Waals surface area contributed by atoms with Crippen LogP contribution in [0.5, 0.6) is 17.2 Å². The number of aryl methyl sites for hydroxylation is 1. The van der Waals surface area contributed by atoms with Gasteiger partial charge in [0.2, 0.25) is 0 Å². The van der Waals surface area contributed by atoms with Crippen LogP contribution in [-0.4, -0.2) is 23.1 Å². The van der Waals surface area contributed by atoms with Gasteiger partial charge in [-0.25, -0.2) is 4.98 Å². The number of phenolic OH excluding ortho intramolecular Hbond substituents is 1. The molecule has 27 heavy (non-hydrogen) atoms. The third-order valence-electron chi connectivity index (χ3n) is 3.85. The molecule has 2 aromatic carbocycles. The summed E-state index contributed by atoms with van der Waals surface area (Å²) in [6, 6.07) is 12.0. The van der Waals surface area contributed by atoms with E-state index in [9.17, 15) is 9.90 Å². The fourth-order valence-electron chi connectivity index (χ4n) is 2.48. The molecule has 0 atom stereocenters. The molecule has 1 heterocycles. The first kappa shape index (κ1) is 18.7. The zero-order chi connectivity index (χ0) is 19.2. The van der Waals surface area contributed by atoms with Crippen LogP contribution in [-0.2, 0) is 13.2 Å². The summed E-state index contributed by atoms with van der Waals surface area (Å²) in [5.41, 5.74) is 2.20. The van der Waals surface area contributed by atoms with Gasteiger partial charge in [-0.15, -0.1) is 11.3 Å². The number of amides is 1. The van der Waals surface area contributed by atoms with Crippen molar-refractivity contribution in [3.63, 3.8) is 0 Å². The predicted octanol–water partition coefficient (Wildman–Crippen LogP) is 3.67. The van der Waals surface area contributed by atoms with Crippen molar-refractivity contribution in [3.05, 3.63) is 69.7 Å². The Morgan fingerprint density at radius 1 is 1.26 bits per heavy atom. The summed E-state index contributed by atoms with van der Waals surface area (Å²) in [6.07, 6.45) is 0. The van der Waals surface area contributed by atoms with E-state index in [1.165, 1.54) is 13.2 Å². The molecule has 6 nitrogen and oxygen atoms in total. The minimum atomic E-state index is -0.211. The van der Waals surface area contributed by atoms with Crippen molar-refractivity contribution < 1.29 is 19.4 Å². The number of rotatable bonds is 7. The lowest BCUT2D eigenvalue weighted by Crippen LogP contribution is -2.22. The number of aromatic nitrogens is 1. The summed E-state index contributed by atoms with van der Waals surface area (Å²) in [6.45, 7) is 2.63. The lowest BCUT2D eigenvalue weighted by atomic mass is 10.1. The number of carbonyl (C=O) groups excluding carboxylic acids is 1. The molecule has 0 unspecified atom stereocenters. The van der Waals surface area contributed by atoms with Crippen molar-refractivity contribution in [2.75, 3.05) is 7.11 Å². The molecular weight excluding hydrogens is 364 g/mol. The van der Waals surface area contributed by atoms with Gasteiger partial charge in [-0.1, -0.05) is 12.1 Å². The topological polar surface area (TPSA) is 80.7 Å². The maximum Gasteiger partial charge on any atom is 0.251 e. The summed E-state index contributed by atoms with van der Waals surface area (Å²) in [5, 5.41) is 15.4. The molecule has 3 aromatic rings. The molecule has 0 saturated heterocycles. The Labute approximate surface area is 161 Å². The monoisotopic (exact) mass is 384 g/mol. The van der Waals surface area contributed by atoms with Crippen molar-refractivity contribution in [2.24, 2.45) is 0 Å². The van der Waals surface area contributed by atoms with Gasteiger partial charge in [0.25, 0.3) is 5.91 Å². The van der Waals surface area contributed by atoms with Crippen LogP contribution in [0.4, 0.5) is 0 Å². The van der Waals surface area contributed by atoms with Gasteiger partial charge in [0.1, 0.15) is 12.4 Å². The zero-order valence-corrected chi connectivity index (χ0v) is 15.9. The average molecular weight is 384 g/mol. The Kier molecular flexibility index (Phi) is 5.93. The van der Waals surface area contributed by atoms with E-state index in [4.69, 9.17) is 9.47 Å². The first-order chi connectivity index (χ1) is 13.0. The highest BCUT2D eigenvalue weighted by Gasteiger charge is 2.09. The minimum Gasteiger partial charge on any atom is -0.504 e. The molecule has 0 aliphatic carbocycles. The van der Waals surface area contributed by atoms with E-state index in [1.807, 2.05) is 12.3 Å². The Morgan fingerprint density at radius 3 is 2.85 bits per heavy atom. The predicted molar refractivity (Wildman–Crippen MR) is 103 cm³/mol. The number of hydrogen-bond acceptors (Lipinski definition) is 6. The highest BCUT2D eigenvalue weighted by molar-refractivity contribution is 7.09. The number of nitrogens with zero attached hydrogens (tertiary/aromatic N) is 1. The second kappa shape index (κ2) is 8.55. The van der Waals surface area contributed by atoms with Crippen LogP contribution >= 0.6 is 11.3 Å². The molecule has 2 N–H and O–H groups in total. The van der Waals surface area contributed by atoms with Crippen molar-refractivity contribution >= 4 is 17.2 Å². The van der Waals surface area contributed by atoms with Gasteiger partial charge in [-0.3, -0.25) is 4.79 Å². The second-order valence-corrected chi connectivity index (χ2v) is 6.93. The molecule has 0 bridgehead atoms. The molecule has 0 fully saturated rings. The Bertz CT molecular complexity index is 939. The van der Waals surface area contributed by atoms with Crippen LogP contribution in [0.15, 0.2) is 47.8 Å². The van der Waals surface area contributed by atoms with Crippen LogP contribution in [0, 0.1) is 6.92 Å². The van der Waals surface area contributed by atoms with E-state index in [0.29, 0.717) is 30.2 Å². The number of thiazole rings is 1. The first-order valence-electron chi connectivity index (χ1n) is 8.33. The molecule has 1 aromatic heterocycles. The smallest absolute Gasteiger partial charge is 0.251 e. The van der Waals surface area contributed by atoms with Crippen LogP contribution in [0.2, 0.25) is 0 Å². The fourth-order valence-corrected chi connectivity index (χ4v) is 3.07. The Hall–Kier alpha value is -3.06. The van der Waals surface area contributed by atoms with E-state index < -0.39 is 0 Å². The highest BCUT2D eigenvalue weighted by Crippen LogP contribution is 2.26. The van der Waals surface area contributed by atoms with Gasteiger partial charge in [-0.05, 0) is 42.8 Å². The van der Waals surface area contributed by atoms with Crippen molar-refractivity contribution in [2.45, 2.75) is 20.1 Å². The highest BCUT2D eigenvalue weighted by atomic mass is 32.1. The molecule has 3 rings (SSSR count). The summed E-state index contributed by atoms with van der Waals surface area (Å²) < 4.78 is 10.8. The van der Waals surface area contributed by atoms with E-state index in [2.05, 4.69) is 10.3 Å². The number of aromatic hydroxyl groups is 1. The number of phenols is 1. The number of hydrogen-bond donors (Lipinski definition) is 2. The number of carbonyl (C=O) groups is 1. The Balaban J connectivity index is 1.59. The number of methoxy groups -OCH3 is 1. The van der Waals surface area contributed by atoms with E-state index in [0.717, 1.165) is 16.3 Å². The largest absolute Gasteiger partial charge is 0.504 e. The molecule has 0 aliphatic heterocycles. The van der Waals surface area contributed by atoms with Crippen molar-refractivity contribution in [3.8, 4) is 17.2 Å². The summed E-state index contributed by atoms with van der Waals surface area (Å²) >= 11 is 1.58. The third kappa shape index (κ3) is 4.98. The van der Waals surface area contributed by atoms with Crippen molar-refractivity contribution in [1.82, 2.24) is 10.3 Å². The third-order valence-corrected chi connectivity index (χ3v) is 4.67. The van der Waals surface area contributed by atoms with Gasteiger partial charge >= 0.3 is 0 Å². The molecular formula is C20H20N2O4S. The summed E-state index contributed by atoms with van der Waals surface area (Å²) in [5.74, 6) is 0.832. The number of nitrogens with one attached hydrogen (secondary N) is 1. The summed E-state index contributed by atoms with van der Waals surface area (Å²) in [7, 11) is 1.48. The van der Waals surface area contributed by atoms with Gasteiger partial charge in [-0.2, -0.15) is 0 Å². The van der Waals surface area contributed by atoms with Crippen LogP contribution in [0.3, 0.4) is 0 Å². The molecule has 0 aliphatic rings. The zero-order valence-electron chi connectivity index (χ0n) is 15.1. The van der Waals surface area contributed by atoms with E-state index in [-0.39, 0.29) is 11.7 Å². The van der Waals surface area contributed by atoms with E-state index >= 15 is 0 Å². The fraction of sp³-hybridized carbons (Fsp3) is 0.200. The lowest BCUT2D eigenvalue weighted by molar-refractivity contribution is 0.0950. The quantitative estimate of drug-likeness (QED) is 0.650. The molecule has 0 radical (unpaired) electrons. The van der Waals surface area contributed by atoms with Crippen LogP contribution in [0.25, 0.3) is 0 Å². The molecule has 0 spiro atoms.